The number of hydrogen-bond acceptors (Lipinski definition) is 4. The second kappa shape index (κ2) is 6.65. The molecule has 0 radical (unpaired) electrons. The molecule has 0 fully saturated rings. The predicted octanol–water partition coefficient (Wildman–Crippen LogP) is 4.83. The summed E-state index contributed by atoms with van der Waals surface area (Å²) in [6, 6.07) is 17.3. The predicted molar refractivity (Wildman–Crippen MR) is 102 cm³/mol. The number of rotatable bonds is 5. The van der Waals surface area contributed by atoms with Gasteiger partial charge in [-0.05, 0) is 31.2 Å². The summed E-state index contributed by atoms with van der Waals surface area (Å²) >= 11 is 1.18. The molecule has 0 saturated carbocycles. The van der Waals surface area contributed by atoms with E-state index in [-0.39, 0.29) is 4.88 Å². The van der Waals surface area contributed by atoms with Gasteiger partial charge in [-0.1, -0.05) is 41.7 Å². The van der Waals surface area contributed by atoms with Crippen LogP contribution >= 0.6 is 11.3 Å². The molecule has 6 heteroatoms. The van der Waals surface area contributed by atoms with E-state index in [9.17, 15) is 9.90 Å². The van der Waals surface area contributed by atoms with Crippen molar-refractivity contribution in [3.8, 4) is 28.3 Å². The molecule has 2 heterocycles. The van der Waals surface area contributed by atoms with E-state index < -0.39 is 5.97 Å². The average Bonchev–Trinajstić information content (AvgIpc) is 3.21. The minimum Gasteiger partial charge on any atom is -0.494 e. The smallest absolute Gasteiger partial charge is 0.348 e. The lowest BCUT2D eigenvalue weighted by molar-refractivity contribution is 0.0702. The van der Waals surface area contributed by atoms with Gasteiger partial charge in [0.15, 0.2) is 4.96 Å². The molecule has 26 heavy (non-hydrogen) atoms. The zero-order valence-corrected chi connectivity index (χ0v) is 14.9. The average molecular weight is 364 g/mol. The normalized spacial score (nSPS) is 11.0. The van der Waals surface area contributed by atoms with E-state index in [0.717, 1.165) is 22.6 Å². The highest BCUT2D eigenvalue weighted by Crippen LogP contribution is 2.34. The van der Waals surface area contributed by atoms with Crippen molar-refractivity contribution in [3.63, 3.8) is 0 Å². The van der Waals surface area contributed by atoms with E-state index in [2.05, 4.69) is 4.98 Å². The number of benzene rings is 2. The summed E-state index contributed by atoms with van der Waals surface area (Å²) in [4.78, 5) is 17.2. The SMILES string of the molecule is CCOc1ccc(-c2cn3c(-c4ccccc4)c(C(=O)O)sc3n2)cc1. The standard InChI is InChI=1S/C20H16N2O3S/c1-2-25-15-10-8-13(9-11-15)16-12-22-17(14-6-4-3-5-7-14)18(19(23)24)26-20(22)21-16/h3-12H,2H2,1H3,(H,23,24). The quantitative estimate of drug-likeness (QED) is 0.551. The van der Waals surface area contributed by atoms with Crippen LogP contribution < -0.4 is 4.74 Å². The Morgan fingerprint density at radius 2 is 1.85 bits per heavy atom. The molecule has 0 aliphatic carbocycles. The van der Waals surface area contributed by atoms with Crippen molar-refractivity contribution in [1.29, 1.82) is 0 Å². The van der Waals surface area contributed by atoms with Gasteiger partial charge in [0.2, 0.25) is 0 Å². The van der Waals surface area contributed by atoms with E-state index in [1.54, 1.807) is 0 Å². The Labute approximate surface area is 154 Å². The number of carbonyl (C=O) groups is 1. The Hall–Kier alpha value is -3.12. The molecule has 5 nitrogen and oxygen atoms in total. The van der Waals surface area contributed by atoms with Crippen LogP contribution in [0.5, 0.6) is 5.75 Å². The third-order valence-electron chi connectivity index (χ3n) is 4.03. The maximum atomic E-state index is 11.7. The van der Waals surface area contributed by atoms with Gasteiger partial charge in [0.05, 0.1) is 18.0 Å². The topological polar surface area (TPSA) is 63.8 Å². The molecule has 0 aliphatic rings. The molecule has 2 aromatic carbocycles. The molecule has 0 spiro atoms. The summed E-state index contributed by atoms with van der Waals surface area (Å²) in [5.41, 5.74) is 3.27. The number of carboxylic acids is 1. The number of imidazole rings is 1. The number of nitrogens with zero attached hydrogens (tertiary/aromatic N) is 2. The molecule has 4 rings (SSSR count). The van der Waals surface area contributed by atoms with Gasteiger partial charge in [0.1, 0.15) is 10.6 Å². The summed E-state index contributed by atoms with van der Waals surface area (Å²) in [5, 5.41) is 9.57. The van der Waals surface area contributed by atoms with E-state index in [4.69, 9.17) is 4.74 Å². The van der Waals surface area contributed by atoms with Crippen molar-refractivity contribution in [2.45, 2.75) is 6.92 Å². The maximum Gasteiger partial charge on any atom is 0.348 e. The third kappa shape index (κ3) is 2.84. The van der Waals surface area contributed by atoms with Crippen LogP contribution in [0.2, 0.25) is 0 Å². The number of ether oxygens (including phenoxy) is 1. The first-order chi connectivity index (χ1) is 12.7. The third-order valence-corrected chi connectivity index (χ3v) is 5.07. The molecule has 0 amide bonds. The van der Waals surface area contributed by atoms with E-state index in [1.807, 2.05) is 72.1 Å². The van der Waals surface area contributed by atoms with Crippen LogP contribution in [0, 0.1) is 0 Å². The van der Waals surface area contributed by atoms with Crippen LogP contribution in [0.4, 0.5) is 0 Å². The Morgan fingerprint density at radius 1 is 1.12 bits per heavy atom. The number of aromatic nitrogens is 2. The molecule has 0 saturated heterocycles. The Kier molecular flexibility index (Phi) is 4.18. The van der Waals surface area contributed by atoms with Crippen LogP contribution in [0.15, 0.2) is 60.8 Å². The van der Waals surface area contributed by atoms with Crippen LogP contribution in [-0.2, 0) is 0 Å². The zero-order chi connectivity index (χ0) is 18.1. The van der Waals surface area contributed by atoms with Crippen molar-refractivity contribution < 1.29 is 14.6 Å². The van der Waals surface area contributed by atoms with Crippen molar-refractivity contribution in [2.75, 3.05) is 6.61 Å². The zero-order valence-electron chi connectivity index (χ0n) is 14.0. The van der Waals surface area contributed by atoms with Crippen molar-refractivity contribution >= 4 is 22.3 Å². The van der Waals surface area contributed by atoms with Gasteiger partial charge in [-0.25, -0.2) is 9.78 Å². The second-order valence-corrected chi connectivity index (χ2v) is 6.66. The molecule has 4 aromatic rings. The molecule has 0 unspecified atom stereocenters. The maximum absolute atomic E-state index is 11.7. The first-order valence-electron chi connectivity index (χ1n) is 8.21. The Bertz CT molecular complexity index is 1070. The van der Waals surface area contributed by atoms with E-state index in [0.29, 0.717) is 17.3 Å². The highest BCUT2D eigenvalue weighted by atomic mass is 32.1. The van der Waals surface area contributed by atoms with Gasteiger partial charge in [-0.3, -0.25) is 4.40 Å². The molecule has 0 aliphatic heterocycles. The van der Waals surface area contributed by atoms with Gasteiger partial charge < -0.3 is 9.84 Å². The number of carboxylic acid groups (broad SMARTS) is 1. The largest absolute Gasteiger partial charge is 0.494 e. The van der Waals surface area contributed by atoms with Crippen molar-refractivity contribution in [1.82, 2.24) is 9.38 Å². The molecule has 1 N–H and O–H groups in total. The Balaban J connectivity index is 1.83. The molecular formula is C20H16N2O3S. The summed E-state index contributed by atoms with van der Waals surface area (Å²) in [7, 11) is 0. The lowest BCUT2D eigenvalue weighted by atomic mass is 10.1. The summed E-state index contributed by atoms with van der Waals surface area (Å²) < 4.78 is 7.33. The lowest BCUT2D eigenvalue weighted by Crippen LogP contribution is -1.97. The minimum absolute atomic E-state index is 0.289. The number of hydrogen-bond donors (Lipinski definition) is 1. The first-order valence-corrected chi connectivity index (χ1v) is 9.03. The Morgan fingerprint density at radius 3 is 2.50 bits per heavy atom. The summed E-state index contributed by atoms with van der Waals surface area (Å²) in [6.45, 7) is 2.57. The molecule has 130 valence electrons. The number of thiazole rings is 1. The van der Waals surface area contributed by atoms with Crippen LogP contribution in [0.3, 0.4) is 0 Å². The van der Waals surface area contributed by atoms with Crippen LogP contribution in [-0.4, -0.2) is 27.1 Å². The van der Waals surface area contributed by atoms with Crippen molar-refractivity contribution in [2.24, 2.45) is 0 Å². The van der Waals surface area contributed by atoms with E-state index in [1.165, 1.54) is 11.3 Å². The van der Waals surface area contributed by atoms with Crippen LogP contribution in [0.25, 0.3) is 27.5 Å². The molecule has 2 aromatic heterocycles. The highest BCUT2D eigenvalue weighted by molar-refractivity contribution is 7.19. The second-order valence-electron chi connectivity index (χ2n) is 5.69. The van der Waals surface area contributed by atoms with Gasteiger partial charge in [0.25, 0.3) is 0 Å². The fourth-order valence-corrected chi connectivity index (χ4v) is 3.85. The summed E-state index contributed by atoms with van der Waals surface area (Å²) in [6.07, 6.45) is 1.89. The monoisotopic (exact) mass is 364 g/mol. The lowest BCUT2D eigenvalue weighted by Gasteiger charge is -2.03. The van der Waals surface area contributed by atoms with Gasteiger partial charge in [0, 0.05) is 17.3 Å². The highest BCUT2D eigenvalue weighted by Gasteiger charge is 2.21. The fourth-order valence-electron chi connectivity index (χ4n) is 2.88. The van der Waals surface area contributed by atoms with Gasteiger partial charge in [-0.15, -0.1) is 0 Å². The number of fused-ring (bicyclic) bond motifs is 1. The minimum atomic E-state index is -0.943. The summed E-state index contributed by atoms with van der Waals surface area (Å²) in [5.74, 6) is -0.127. The molecule has 0 atom stereocenters. The molecule has 0 bridgehead atoms. The van der Waals surface area contributed by atoms with Gasteiger partial charge >= 0.3 is 5.97 Å². The molecular weight excluding hydrogens is 348 g/mol. The van der Waals surface area contributed by atoms with Crippen molar-refractivity contribution in [3.05, 3.63) is 65.7 Å². The number of aromatic carboxylic acids is 1. The van der Waals surface area contributed by atoms with Crippen LogP contribution in [0.1, 0.15) is 16.6 Å². The fraction of sp³-hybridized carbons (Fsp3) is 0.100. The first kappa shape index (κ1) is 16.4. The van der Waals surface area contributed by atoms with Gasteiger partial charge in [-0.2, -0.15) is 0 Å². The van der Waals surface area contributed by atoms with E-state index >= 15 is 0 Å².